The van der Waals surface area contributed by atoms with Crippen molar-refractivity contribution in [1.82, 2.24) is 15.0 Å². The lowest BCUT2D eigenvalue weighted by molar-refractivity contribution is -0.141. The lowest BCUT2D eigenvalue weighted by Gasteiger charge is -2.12. The third-order valence-electron chi connectivity index (χ3n) is 3.93. The molecule has 0 unspecified atom stereocenters. The molecule has 2 N–H and O–H groups in total. The maximum Gasteiger partial charge on any atom is 0.328 e. The highest BCUT2D eigenvalue weighted by atomic mass is 19.1. The number of carbonyl (C=O) groups is 1. The van der Waals surface area contributed by atoms with Crippen LogP contribution in [0.1, 0.15) is 11.6 Å². The van der Waals surface area contributed by atoms with Gasteiger partial charge in [-0.1, -0.05) is 17.3 Å². The maximum absolute atomic E-state index is 13.5. The van der Waals surface area contributed by atoms with Crippen molar-refractivity contribution in [3.05, 3.63) is 60.0 Å². The first-order chi connectivity index (χ1) is 12.5. The summed E-state index contributed by atoms with van der Waals surface area (Å²) >= 11 is 0. The van der Waals surface area contributed by atoms with Gasteiger partial charge >= 0.3 is 5.97 Å². The van der Waals surface area contributed by atoms with Crippen molar-refractivity contribution in [3.63, 3.8) is 0 Å². The second kappa shape index (κ2) is 7.22. The summed E-state index contributed by atoms with van der Waals surface area (Å²) in [6.07, 6.45) is 1.66. The fraction of sp³-hybridized carbons (Fsp3) is 0.167. The fourth-order valence-electron chi connectivity index (χ4n) is 2.53. The highest BCUT2D eigenvalue weighted by molar-refractivity contribution is 5.72. The average molecular weight is 357 g/mol. The van der Waals surface area contributed by atoms with E-state index in [0.717, 1.165) is 5.56 Å². The number of benzene rings is 2. The average Bonchev–Trinajstić information content (AvgIpc) is 3.11. The summed E-state index contributed by atoms with van der Waals surface area (Å²) in [7, 11) is 1.36. The fourth-order valence-corrected chi connectivity index (χ4v) is 2.53. The Labute approximate surface area is 148 Å². The van der Waals surface area contributed by atoms with E-state index in [-0.39, 0.29) is 17.9 Å². The molecule has 0 saturated heterocycles. The van der Waals surface area contributed by atoms with Gasteiger partial charge in [0.1, 0.15) is 11.4 Å². The molecule has 8 heteroatoms. The number of methoxy groups -OCH3 is 1. The smallest absolute Gasteiger partial charge is 0.328 e. The molecule has 0 aliphatic rings. The van der Waals surface area contributed by atoms with Crippen LogP contribution in [0.25, 0.3) is 11.3 Å². The molecule has 0 aliphatic carbocycles. The van der Waals surface area contributed by atoms with Gasteiger partial charge in [-0.3, -0.25) is 0 Å². The van der Waals surface area contributed by atoms with Gasteiger partial charge in [-0.25, -0.2) is 13.9 Å². The molecular formula is C18H16FN3O4. The van der Waals surface area contributed by atoms with E-state index in [4.69, 9.17) is 4.74 Å². The van der Waals surface area contributed by atoms with Crippen molar-refractivity contribution in [2.45, 2.75) is 12.5 Å². The topological polar surface area (TPSA) is 97.5 Å². The highest BCUT2D eigenvalue weighted by Crippen LogP contribution is 2.26. The normalized spacial score (nSPS) is 11.9. The highest BCUT2D eigenvalue weighted by Gasteiger charge is 2.22. The first kappa shape index (κ1) is 17.4. The minimum Gasteiger partial charge on any atom is -0.508 e. The Morgan fingerprint density at radius 3 is 2.65 bits per heavy atom. The van der Waals surface area contributed by atoms with Crippen molar-refractivity contribution >= 4 is 5.97 Å². The monoisotopic (exact) mass is 357 g/mol. The summed E-state index contributed by atoms with van der Waals surface area (Å²) < 4.78 is 19.7. The molecule has 1 atom stereocenters. The number of nitrogens with zero attached hydrogens (tertiary/aromatic N) is 3. The Kier molecular flexibility index (Phi) is 4.83. The van der Waals surface area contributed by atoms with Crippen LogP contribution >= 0.6 is 0 Å². The lowest BCUT2D eigenvalue weighted by atomic mass is 10.1. The summed E-state index contributed by atoms with van der Waals surface area (Å²) in [4.78, 5) is 11.7. The van der Waals surface area contributed by atoms with E-state index >= 15 is 0 Å². The molecule has 134 valence electrons. The molecule has 0 bridgehead atoms. The number of phenolic OH excluding ortho intramolecular Hbond substituents is 1. The second-order valence-corrected chi connectivity index (χ2v) is 5.66. The largest absolute Gasteiger partial charge is 0.508 e. The van der Waals surface area contributed by atoms with Gasteiger partial charge in [0.2, 0.25) is 0 Å². The summed E-state index contributed by atoms with van der Waals surface area (Å²) in [5.41, 5.74) is 1.69. The van der Waals surface area contributed by atoms with Crippen LogP contribution in [0.5, 0.6) is 11.5 Å². The molecule has 0 amide bonds. The number of carboxylic acids is 1. The quantitative estimate of drug-likeness (QED) is 0.704. The number of aliphatic carboxylic acids is 1. The SMILES string of the molecule is COc1cc(-c2cn([C@@H](Cc3ccc(O)cc3)C(=O)O)nn2)ccc1F. The van der Waals surface area contributed by atoms with Crippen molar-refractivity contribution < 1.29 is 24.1 Å². The standard InChI is InChI=1S/C18H16FN3O4/c1-26-17-9-12(4-7-14(17)19)15-10-22(21-20-15)16(18(24)25)8-11-2-5-13(23)6-3-11/h2-7,9-10,16,23H,8H2,1H3,(H,24,25)/t16-/m0/s1. The molecule has 0 saturated carbocycles. The Morgan fingerprint density at radius 2 is 2.00 bits per heavy atom. The van der Waals surface area contributed by atoms with Gasteiger partial charge in [-0.15, -0.1) is 5.10 Å². The second-order valence-electron chi connectivity index (χ2n) is 5.66. The summed E-state index contributed by atoms with van der Waals surface area (Å²) in [5.74, 6) is -1.39. The van der Waals surface area contributed by atoms with Crippen molar-refractivity contribution in [3.8, 4) is 22.8 Å². The maximum atomic E-state index is 13.5. The summed E-state index contributed by atoms with van der Waals surface area (Å²) in [6, 6.07) is 9.54. The van der Waals surface area contributed by atoms with Crippen LogP contribution in [-0.4, -0.2) is 38.3 Å². The van der Waals surface area contributed by atoms with Gasteiger partial charge in [0.15, 0.2) is 17.6 Å². The van der Waals surface area contributed by atoms with Gasteiger partial charge in [-0.2, -0.15) is 0 Å². The van der Waals surface area contributed by atoms with E-state index in [1.807, 2.05) is 0 Å². The minimum atomic E-state index is -1.06. The lowest BCUT2D eigenvalue weighted by Crippen LogP contribution is -2.22. The summed E-state index contributed by atoms with van der Waals surface area (Å²) in [5, 5.41) is 26.8. The molecular weight excluding hydrogens is 341 g/mol. The molecule has 1 heterocycles. The Bertz CT molecular complexity index is 924. The number of hydrogen-bond acceptors (Lipinski definition) is 5. The Hall–Kier alpha value is -3.42. The molecule has 1 aromatic heterocycles. The molecule has 0 spiro atoms. The van der Waals surface area contributed by atoms with Crippen LogP contribution in [0, 0.1) is 5.82 Å². The zero-order chi connectivity index (χ0) is 18.7. The predicted molar refractivity (Wildman–Crippen MR) is 90.5 cm³/mol. The molecule has 26 heavy (non-hydrogen) atoms. The van der Waals surface area contributed by atoms with Crippen LogP contribution in [0.4, 0.5) is 4.39 Å². The van der Waals surface area contributed by atoms with Crippen LogP contribution in [0.2, 0.25) is 0 Å². The van der Waals surface area contributed by atoms with Gasteiger partial charge in [0.05, 0.1) is 13.3 Å². The number of halogens is 1. The predicted octanol–water partition coefficient (Wildman–Crippen LogP) is 2.67. The van der Waals surface area contributed by atoms with Crippen LogP contribution in [0.15, 0.2) is 48.7 Å². The Morgan fingerprint density at radius 1 is 1.27 bits per heavy atom. The van der Waals surface area contributed by atoms with E-state index in [0.29, 0.717) is 11.3 Å². The van der Waals surface area contributed by atoms with Crippen molar-refractivity contribution in [2.24, 2.45) is 0 Å². The van der Waals surface area contributed by atoms with Gasteiger partial charge in [0, 0.05) is 12.0 Å². The van der Waals surface area contributed by atoms with Crippen molar-refractivity contribution in [1.29, 1.82) is 0 Å². The van der Waals surface area contributed by atoms with Crippen LogP contribution in [0.3, 0.4) is 0 Å². The van der Waals surface area contributed by atoms with Crippen LogP contribution in [-0.2, 0) is 11.2 Å². The van der Waals surface area contributed by atoms with Gasteiger partial charge < -0.3 is 14.9 Å². The number of phenols is 1. The summed E-state index contributed by atoms with van der Waals surface area (Å²) in [6.45, 7) is 0. The number of carboxylic acid groups (broad SMARTS) is 1. The number of rotatable bonds is 6. The van der Waals surface area contributed by atoms with E-state index in [1.165, 1.54) is 48.3 Å². The number of hydrogen-bond donors (Lipinski definition) is 2. The van der Waals surface area contributed by atoms with Gasteiger partial charge in [0.25, 0.3) is 0 Å². The zero-order valence-electron chi connectivity index (χ0n) is 13.8. The molecule has 7 nitrogen and oxygen atoms in total. The third-order valence-corrected chi connectivity index (χ3v) is 3.93. The number of ether oxygens (including phenoxy) is 1. The first-order valence-corrected chi connectivity index (χ1v) is 7.74. The Balaban J connectivity index is 1.88. The molecule has 0 radical (unpaired) electrons. The molecule has 3 rings (SSSR count). The number of aromatic hydroxyl groups is 1. The molecule has 3 aromatic rings. The molecule has 0 aliphatic heterocycles. The minimum absolute atomic E-state index is 0.0657. The van der Waals surface area contributed by atoms with E-state index in [9.17, 15) is 19.4 Å². The van der Waals surface area contributed by atoms with Crippen molar-refractivity contribution in [2.75, 3.05) is 7.11 Å². The third kappa shape index (κ3) is 3.64. The van der Waals surface area contributed by atoms with E-state index < -0.39 is 17.8 Å². The molecule has 2 aromatic carbocycles. The van der Waals surface area contributed by atoms with E-state index in [1.54, 1.807) is 12.1 Å². The van der Waals surface area contributed by atoms with E-state index in [2.05, 4.69) is 10.3 Å². The zero-order valence-corrected chi connectivity index (χ0v) is 13.8. The van der Waals surface area contributed by atoms with Crippen LogP contribution < -0.4 is 4.74 Å². The first-order valence-electron chi connectivity index (χ1n) is 7.74. The molecule has 0 fully saturated rings. The number of aromatic nitrogens is 3. The van der Waals surface area contributed by atoms with Gasteiger partial charge in [-0.05, 0) is 35.9 Å².